The zero-order valence-electron chi connectivity index (χ0n) is 10.5. The van der Waals surface area contributed by atoms with Crippen molar-refractivity contribution in [3.05, 3.63) is 40.9 Å². The molecule has 0 spiro atoms. The van der Waals surface area contributed by atoms with Gasteiger partial charge >= 0.3 is 0 Å². The number of piperazine rings is 1. The fraction of sp³-hybridized carbons (Fsp3) is 0.357. The molecule has 1 heterocycles. The van der Waals surface area contributed by atoms with E-state index in [9.17, 15) is 4.79 Å². The molecule has 1 aromatic carbocycles. The molecule has 1 aliphatic rings. The van der Waals surface area contributed by atoms with E-state index in [2.05, 4.69) is 11.9 Å². The highest BCUT2D eigenvalue weighted by Crippen LogP contribution is 2.11. The molecule has 0 saturated carbocycles. The van der Waals surface area contributed by atoms with E-state index in [0.717, 1.165) is 31.7 Å². The molecule has 1 aliphatic heterocycles. The molecule has 1 saturated heterocycles. The SMILES string of the molecule is CN1CCN(C(=O)/C=C/c2ccc(Cl)cc2)CC1. The summed E-state index contributed by atoms with van der Waals surface area (Å²) in [6.07, 6.45) is 3.46. The lowest BCUT2D eigenvalue weighted by molar-refractivity contribution is -0.127. The van der Waals surface area contributed by atoms with E-state index in [4.69, 9.17) is 11.6 Å². The van der Waals surface area contributed by atoms with Crippen LogP contribution in [0.4, 0.5) is 0 Å². The van der Waals surface area contributed by atoms with Crippen LogP contribution in [0.5, 0.6) is 0 Å². The van der Waals surface area contributed by atoms with Gasteiger partial charge in [0.1, 0.15) is 0 Å². The predicted molar refractivity (Wildman–Crippen MR) is 74.6 cm³/mol. The fourth-order valence-electron chi connectivity index (χ4n) is 1.87. The van der Waals surface area contributed by atoms with Crippen LogP contribution < -0.4 is 0 Å². The summed E-state index contributed by atoms with van der Waals surface area (Å²) in [6, 6.07) is 7.44. The second kappa shape index (κ2) is 6.03. The fourth-order valence-corrected chi connectivity index (χ4v) is 2.00. The van der Waals surface area contributed by atoms with Crippen molar-refractivity contribution >= 4 is 23.6 Å². The number of benzene rings is 1. The standard InChI is InChI=1S/C14H17ClN2O/c1-16-8-10-17(11-9-16)14(18)7-4-12-2-5-13(15)6-3-12/h2-7H,8-11H2,1H3/b7-4+. The normalized spacial score (nSPS) is 17.3. The Morgan fingerprint density at radius 3 is 2.39 bits per heavy atom. The van der Waals surface area contributed by atoms with Crippen molar-refractivity contribution in [2.75, 3.05) is 33.2 Å². The highest BCUT2D eigenvalue weighted by molar-refractivity contribution is 6.30. The van der Waals surface area contributed by atoms with Gasteiger partial charge in [-0.25, -0.2) is 0 Å². The molecule has 0 radical (unpaired) electrons. The van der Waals surface area contributed by atoms with Crippen LogP contribution in [0.1, 0.15) is 5.56 Å². The minimum absolute atomic E-state index is 0.0815. The van der Waals surface area contributed by atoms with Crippen LogP contribution in [0.2, 0.25) is 5.02 Å². The summed E-state index contributed by atoms with van der Waals surface area (Å²) in [7, 11) is 2.07. The van der Waals surface area contributed by atoms with Crippen LogP contribution >= 0.6 is 11.6 Å². The summed E-state index contributed by atoms with van der Waals surface area (Å²) >= 11 is 5.81. The summed E-state index contributed by atoms with van der Waals surface area (Å²) in [6.45, 7) is 3.50. The van der Waals surface area contributed by atoms with Crippen molar-refractivity contribution in [2.45, 2.75) is 0 Å². The maximum atomic E-state index is 11.9. The number of hydrogen-bond donors (Lipinski definition) is 0. The molecule has 0 bridgehead atoms. The van der Waals surface area contributed by atoms with Gasteiger partial charge in [-0.05, 0) is 30.8 Å². The van der Waals surface area contributed by atoms with Crippen LogP contribution in [0.25, 0.3) is 6.08 Å². The maximum Gasteiger partial charge on any atom is 0.246 e. The maximum absolute atomic E-state index is 11.9. The van der Waals surface area contributed by atoms with Gasteiger partial charge in [0, 0.05) is 37.3 Å². The van der Waals surface area contributed by atoms with Gasteiger partial charge in [-0.3, -0.25) is 4.79 Å². The molecule has 18 heavy (non-hydrogen) atoms. The van der Waals surface area contributed by atoms with Crippen molar-refractivity contribution in [1.29, 1.82) is 0 Å². The van der Waals surface area contributed by atoms with E-state index >= 15 is 0 Å². The van der Waals surface area contributed by atoms with Crippen LogP contribution in [-0.2, 0) is 4.79 Å². The molecule has 3 nitrogen and oxygen atoms in total. The number of likely N-dealkylation sites (N-methyl/N-ethyl adjacent to an activating group) is 1. The zero-order chi connectivity index (χ0) is 13.0. The number of carbonyl (C=O) groups excluding carboxylic acids is 1. The van der Waals surface area contributed by atoms with Crippen molar-refractivity contribution in [3.63, 3.8) is 0 Å². The highest BCUT2D eigenvalue weighted by atomic mass is 35.5. The average Bonchev–Trinajstić information content (AvgIpc) is 2.38. The van der Waals surface area contributed by atoms with Gasteiger partial charge in [-0.1, -0.05) is 23.7 Å². The molecule has 1 amide bonds. The van der Waals surface area contributed by atoms with E-state index in [1.54, 1.807) is 6.08 Å². The third kappa shape index (κ3) is 3.59. The Balaban J connectivity index is 1.92. The summed E-state index contributed by atoms with van der Waals surface area (Å²) in [5.41, 5.74) is 0.988. The number of nitrogens with zero attached hydrogens (tertiary/aromatic N) is 2. The lowest BCUT2D eigenvalue weighted by Gasteiger charge is -2.31. The van der Waals surface area contributed by atoms with Crippen LogP contribution in [0, 0.1) is 0 Å². The number of hydrogen-bond acceptors (Lipinski definition) is 2. The third-order valence-electron chi connectivity index (χ3n) is 3.10. The van der Waals surface area contributed by atoms with Crippen molar-refractivity contribution in [1.82, 2.24) is 9.80 Å². The van der Waals surface area contributed by atoms with Crippen LogP contribution in [0.3, 0.4) is 0 Å². The molecule has 0 aliphatic carbocycles. The smallest absolute Gasteiger partial charge is 0.246 e. The van der Waals surface area contributed by atoms with E-state index in [-0.39, 0.29) is 5.91 Å². The van der Waals surface area contributed by atoms with E-state index in [1.165, 1.54) is 0 Å². The summed E-state index contributed by atoms with van der Waals surface area (Å²) in [5.74, 6) is 0.0815. The minimum atomic E-state index is 0.0815. The van der Waals surface area contributed by atoms with Crippen molar-refractivity contribution in [3.8, 4) is 0 Å². The summed E-state index contributed by atoms with van der Waals surface area (Å²) in [4.78, 5) is 16.0. The molecule has 0 atom stereocenters. The topological polar surface area (TPSA) is 23.6 Å². The van der Waals surface area contributed by atoms with Gasteiger partial charge < -0.3 is 9.80 Å². The van der Waals surface area contributed by atoms with E-state index < -0.39 is 0 Å². The van der Waals surface area contributed by atoms with Crippen molar-refractivity contribution < 1.29 is 4.79 Å². The molecule has 0 N–H and O–H groups in total. The van der Waals surface area contributed by atoms with Crippen LogP contribution in [-0.4, -0.2) is 48.9 Å². The number of carbonyl (C=O) groups is 1. The van der Waals surface area contributed by atoms with Gasteiger partial charge in [-0.2, -0.15) is 0 Å². The Bertz CT molecular complexity index is 434. The monoisotopic (exact) mass is 264 g/mol. The summed E-state index contributed by atoms with van der Waals surface area (Å²) in [5, 5.41) is 0.706. The first-order valence-corrected chi connectivity index (χ1v) is 6.44. The number of rotatable bonds is 2. The van der Waals surface area contributed by atoms with E-state index in [1.807, 2.05) is 35.2 Å². The zero-order valence-corrected chi connectivity index (χ0v) is 11.2. The Kier molecular flexibility index (Phi) is 4.39. The number of halogens is 1. The molecule has 0 aromatic heterocycles. The summed E-state index contributed by atoms with van der Waals surface area (Å²) < 4.78 is 0. The van der Waals surface area contributed by atoms with Gasteiger partial charge in [0.05, 0.1) is 0 Å². The molecule has 96 valence electrons. The molecular formula is C14H17ClN2O. The second-order valence-corrected chi connectivity index (χ2v) is 4.95. The largest absolute Gasteiger partial charge is 0.337 e. The first-order chi connectivity index (χ1) is 8.65. The third-order valence-corrected chi connectivity index (χ3v) is 3.36. The Morgan fingerprint density at radius 1 is 1.17 bits per heavy atom. The average molecular weight is 265 g/mol. The predicted octanol–water partition coefficient (Wildman–Crippen LogP) is 2.13. The molecule has 0 unspecified atom stereocenters. The van der Waals surface area contributed by atoms with Crippen molar-refractivity contribution in [2.24, 2.45) is 0 Å². The van der Waals surface area contributed by atoms with Gasteiger partial charge in [0.2, 0.25) is 5.91 Å². The van der Waals surface area contributed by atoms with E-state index in [0.29, 0.717) is 5.02 Å². The molecule has 4 heteroatoms. The molecule has 2 rings (SSSR count). The van der Waals surface area contributed by atoms with Gasteiger partial charge in [0.15, 0.2) is 0 Å². The van der Waals surface area contributed by atoms with Gasteiger partial charge in [-0.15, -0.1) is 0 Å². The van der Waals surface area contributed by atoms with Crippen LogP contribution in [0.15, 0.2) is 30.3 Å². The molecular weight excluding hydrogens is 248 g/mol. The first kappa shape index (κ1) is 13.1. The Morgan fingerprint density at radius 2 is 1.78 bits per heavy atom. The van der Waals surface area contributed by atoms with Gasteiger partial charge in [0.25, 0.3) is 0 Å². The first-order valence-electron chi connectivity index (χ1n) is 6.06. The lowest BCUT2D eigenvalue weighted by Crippen LogP contribution is -2.46. The Hall–Kier alpha value is -1.32. The Labute approximate surface area is 113 Å². The quantitative estimate of drug-likeness (QED) is 0.764. The molecule has 1 aromatic rings. The highest BCUT2D eigenvalue weighted by Gasteiger charge is 2.16. The number of amides is 1. The molecule has 1 fully saturated rings. The minimum Gasteiger partial charge on any atom is -0.337 e. The lowest BCUT2D eigenvalue weighted by atomic mass is 10.2. The second-order valence-electron chi connectivity index (χ2n) is 4.51.